The number of aryl methyl sites for hydroxylation is 1. The monoisotopic (exact) mass is 350 g/mol. The number of carbonyl (C=O) groups is 1. The second kappa shape index (κ2) is 7.85. The summed E-state index contributed by atoms with van der Waals surface area (Å²) in [5, 5.41) is 3.07. The lowest BCUT2D eigenvalue weighted by molar-refractivity contribution is -0.125. The molecule has 136 valence electrons. The summed E-state index contributed by atoms with van der Waals surface area (Å²) < 4.78 is 0. The Bertz CT molecular complexity index is 756. The first-order valence-corrected chi connectivity index (χ1v) is 9.71. The van der Waals surface area contributed by atoms with Gasteiger partial charge in [0.05, 0.1) is 0 Å². The van der Waals surface area contributed by atoms with Gasteiger partial charge in [0.15, 0.2) is 0 Å². The minimum absolute atomic E-state index is 0.0237. The van der Waals surface area contributed by atoms with Crippen LogP contribution in [0.4, 0.5) is 5.95 Å². The highest BCUT2D eigenvalue weighted by atomic mass is 16.1. The van der Waals surface area contributed by atoms with E-state index in [-0.39, 0.29) is 11.8 Å². The third kappa shape index (κ3) is 3.87. The van der Waals surface area contributed by atoms with E-state index >= 15 is 0 Å². The summed E-state index contributed by atoms with van der Waals surface area (Å²) in [7, 11) is 0. The van der Waals surface area contributed by atoms with Crippen LogP contribution in [0.25, 0.3) is 0 Å². The Labute approximate surface area is 154 Å². The van der Waals surface area contributed by atoms with E-state index in [0.717, 1.165) is 55.1 Å². The van der Waals surface area contributed by atoms with Crippen molar-refractivity contribution in [3.8, 4) is 0 Å². The first-order chi connectivity index (χ1) is 12.8. The number of rotatable bonds is 4. The largest absolute Gasteiger partial charge is 0.352 e. The fraction of sp³-hybridized carbons (Fsp3) is 0.476. The molecule has 2 aromatic rings. The Morgan fingerprint density at radius 1 is 1.15 bits per heavy atom. The Hall–Kier alpha value is -2.43. The van der Waals surface area contributed by atoms with Gasteiger partial charge in [-0.15, -0.1) is 0 Å². The molecule has 1 atom stereocenters. The first-order valence-electron chi connectivity index (χ1n) is 9.71. The Morgan fingerprint density at radius 2 is 1.96 bits per heavy atom. The molecule has 1 aromatic carbocycles. The van der Waals surface area contributed by atoms with Gasteiger partial charge < -0.3 is 10.2 Å². The molecule has 5 heteroatoms. The molecule has 1 aliphatic carbocycles. The third-order valence-electron chi connectivity index (χ3n) is 5.46. The number of amides is 1. The van der Waals surface area contributed by atoms with Crippen molar-refractivity contribution in [2.24, 2.45) is 5.92 Å². The third-order valence-corrected chi connectivity index (χ3v) is 5.46. The highest BCUT2D eigenvalue weighted by molar-refractivity contribution is 5.79. The van der Waals surface area contributed by atoms with Crippen molar-refractivity contribution in [3.05, 3.63) is 53.3 Å². The van der Waals surface area contributed by atoms with Gasteiger partial charge in [0.25, 0.3) is 0 Å². The SMILES string of the molecule is O=C(NCc1ccccc1)[C@H]1CCc2nc(N3CCCCC3)ncc2C1. The molecule has 0 bridgehead atoms. The van der Waals surface area contributed by atoms with Crippen LogP contribution in [-0.4, -0.2) is 29.0 Å². The maximum atomic E-state index is 12.5. The molecule has 0 radical (unpaired) electrons. The van der Waals surface area contributed by atoms with E-state index in [0.29, 0.717) is 6.54 Å². The van der Waals surface area contributed by atoms with E-state index < -0.39 is 0 Å². The van der Waals surface area contributed by atoms with Crippen molar-refractivity contribution in [3.63, 3.8) is 0 Å². The van der Waals surface area contributed by atoms with Crippen molar-refractivity contribution in [1.82, 2.24) is 15.3 Å². The van der Waals surface area contributed by atoms with Crippen LogP contribution in [-0.2, 0) is 24.2 Å². The Balaban J connectivity index is 1.37. The fourth-order valence-electron chi connectivity index (χ4n) is 3.90. The van der Waals surface area contributed by atoms with E-state index in [1.165, 1.54) is 19.3 Å². The lowest BCUT2D eigenvalue weighted by Crippen LogP contribution is -2.35. The smallest absolute Gasteiger partial charge is 0.225 e. The molecule has 0 saturated carbocycles. The van der Waals surface area contributed by atoms with Gasteiger partial charge in [-0.3, -0.25) is 4.79 Å². The predicted molar refractivity (Wildman–Crippen MR) is 102 cm³/mol. The molecule has 0 unspecified atom stereocenters. The standard InChI is InChI=1S/C21H26N4O/c26-20(22-14-16-7-3-1-4-8-16)17-9-10-19-18(13-17)15-23-21(24-19)25-11-5-2-6-12-25/h1,3-4,7-8,15,17H,2,5-6,9-14H2,(H,22,26)/t17-/m0/s1. The minimum atomic E-state index is 0.0237. The highest BCUT2D eigenvalue weighted by Crippen LogP contribution is 2.26. The zero-order chi connectivity index (χ0) is 17.8. The molecule has 4 rings (SSSR count). The number of piperidine rings is 1. The lowest BCUT2D eigenvalue weighted by Gasteiger charge is -2.28. The molecule has 1 N–H and O–H groups in total. The number of nitrogens with zero attached hydrogens (tertiary/aromatic N) is 3. The van der Waals surface area contributed by atoms with Gasteiger partial charge >= 0.3 is 0 Å². The van der Waals surface area contributed by atoms with Crippen LogP contribution in [0, 0.1) is 5.92 Å². The summed E-state index contributed by atoms with van der Waals surface area (Å²) in [6.07, 6.45) is 8.18. The number of anilines is 1. The van der Waals surface area contributed by atoms with Crippen LogP contribution in [0.5, 0.6) is 0 Å². The molecule has 1 amide bonds. The summed E-state index contributed by atoms with van der Waals surface area (Å²) in [5.74, 6) is 1.03. The number of benzene rings is 1. The fourth-order valence-corrected chi connectivity index (χ4v) is 3.90. The van der Waals surface area contributed by atoms with Gasteiger partial charge in [0.2, 0.25) is 11.9 Å². The maximum absolute atomic E-state index is 12.5. The van der Waals surface area contributed by atoms with Crippen LogP contribution in [0.15, 0.2) is 36.5 Å². The van der Waals surface area contributed by atoms with Gasteiger partial charge in [0, 0.05) is 37.4 Å². The summed E-state index contributed by atoms with van der Waals surface area (Å²) in [6.45, 7) is 2.71. The number of aromatic nitrogens is 2. The van der Waals surface area contributed by atoms with Gasteiger partial charge in [-0.25, -0.2) is 9.97 Å². The molecule has 0 spiro atoms. The molecule has 5 nitrogen and oxygen atoms in total. The van der Waals surface area contributed by atoms with E-state index in [4.69, 9.17) is 4.98 Å². The number of carbonyl (C=O) groups excluding carboxylic acids is 1. The molecular formula is C21H26N4O. The topological polar surface area (TPSA) is 58.1 Å². The second-order valence-electron chi connectivity index (χ2n) is 7.33. The van der Waals surface area contributed by atoms with Crippen LogP contribution in [0.3, 0.4) is 0 Å². The number of fused-ring (bicyclic) bond motifs is 1. The number of nitrogens with one attached hydrogen (secondary N) is 1. The van der Waals surface area contributed by atoms with Gasteiger partial charge in [-0.05, 0) is 49.7 Å². The van der Waals surface area contributed by atoms with Crippen molar-refractivity contribution in [1.29, 1.82) is 0 Å². The zero-order valence-electron chi connectivity index (χ0n) is 15.2. The van der Waals surface area contributed by atoms with Crippen LogP contribution < -0.4 is 10.2 Å². The summed E-state index contributed by atoms with van der Waals surface area (Å²) >= 11 is 0. The summed E-state index contributed by atoms with van der Waals surface area (Å²) in [6, 6.07) is 10.0. The predicted octanol–water partition coefficient (Wildman–Crippen LogP) is 2.89. The van der Waals surface area contributed by atoms with E-state index in [2.05, 4.69) is 15.2 Å². The molecule has 1 fully saturated rings. The molecule has 1 saturated heterocycles. The molecule has 2 aliphatic rings. The van der Waals surface area contributed by atoms with Crippen molar-refractivity contribution >= 4 is 11.9 Å². The zero-order valence-corrected chi connectivity index (χ0v) is 15.2. The van der Waals surface area contributed by atoms with Crippen molar-refractivity contribution in [2.45, 2.75) is 45.1 Å². The summed E-state index contributed by atoms with van der Waals surface area (Å²) in [4.78, 5) is 24.2. The first kappa shape index (κ1) is 17.0. The second-order valence-corrected chi connectivity index (χ2v) is 7.33. The molecule has 1 aliphatic heterocycles. The normalized spacial score (nSPS) is 19.7. The molecule has 2 heterocycles. The summed E-state index contributed by atoms with van der Waals surface area (Å²) in [5.41, 5.74) is 3.40. The van der Waals surface area contributed by atoms with Gasteiger partial charge in [-0.1, -0.05) is 30.3 Å². The Kier molecular flexibility index (Phi) is 5.14. The van der Waals surface area contributed by atoms with Gasteiger partial charge in [0.1, 0.15) is 0 Å². The van der Waals surface area contributed by atoms with Crippen LogP contribution in [0.1, 0.15) is 42.5 Å². The highest BCUT2D eigenvalue weighted by Gasteiger charge is 2.26. The molecule has 1 aromatic heterocycles. The van der Waals surface area contributed by atoms with Gasteiger partial charge in [-0.2, -0.15) is 0 Å². The van der Waals surface area contributed by atoms with E-state index in [1.807, 2.05) is 36.5 Å². The lowest BCUT2D eigenvalue weighted by atomic mass is 9.86. The maximum Gasteiger partial charge on any atom is 0.225 e. The number of hydrogen-bond donors (Lipinski definition) is 1. The number of hydrogen-bond acceptors (Lipinski definition) is 4. The van der Waals surface area contributed by atoms with E-state index in [9.17, 15) is 4.79 Å². The molecule has 26 heavy (non-hydrogen) atoms. The average molecular weight is 350 g/mol. The van der Waals surface area contributed by atoms with Crippen molar-refractivity contribution < 1.29 is 4.79 Å². The minimum Gasteiger partial charge on any atom is -0.352 e. The van der Waals surface area contributed by atoms with Crippen LogP contribution >= 0.6 is 0 Å². The quantitative estimate of drug-likeness (QED) is 0.921. The average Bonchev–Trinajstić information content (AvgIpc) is 2.72. The van der Waals surface area contributed by atoms with E-state index in [1.54, 1.807) is 0 Å². The Morgan fingerprint density at radius 3 is 2.77 bits per heavy atom. The van der Waals surface area contributed by atoms with Crippen molar-refractivity contribution in [2.75, 3.05) is 18.0 Å². The van der Waals surface area contributed by atoms with Crippen LogP contribution in [0.2, 0.25) is 0 Å². The molecular weight excluding hydrogens is 324 g/mol.